The molecule has 0 bridgehead atoms. The number of carbonyl (C=O) groups excluding carboxylic acids is 1. The number of halogens is 2. The number of carbonyl (C=O) groups is 1. The van der Waals surface area contributed by atoms with E-state index in [-0.39, 0.29) is 19.0 Å². The van der Waals surface area contributed by atoms with E-state index in [0.29, 0.717) is 12.2 Å². The molecule has 3 rings (SSSR count). The number of rotatable bonds is 11. The van der Waals surface area contributed by atoms with Crippen LogP contribution in [0, 0.1) is 14.2 Å². The molecular formula is C25H33I2N5O4Si. The standard InChI is InChI=1S/C25H33I2N5O4Si/c1-17-13-31(16-36-11-12-37(3,4)5)28-21(23(17)34)25(35)30(2)15-20(33)22(18-9-7-6-8-10-18)32-14-19(26)24(27)29-32/h6-10,13-14,20,22,33H,11-12,15-16H2,1-5H3. The summed E-state index contributed by atoms with van der Waals surface area (Å²) in [5.74, 6) is -0.556. The van der Waals surface area contributed by atoms with Crippen LogP contribution in [0.5, 0.6) is 0 Å². The van der Waals surface area contributed by atoms with Crippen LogP contribution in [0.4, 0.5) is 0 Å². The Morgan fingerprint density at radius 2 is 1.84 bits per heavy atom. The normalized spacial score (nSPS) is 13.4. The summed E-state index contributed by atoms with van der Waals surface area (Å²) in [6, 6.07) is 10.0. The van der Waals surface area contributed by atoms with Gasteiger partial charge in [-0.25, -0.2) is 4.68 Å². The highest BCUT2D eigenvalue weighted by Crippen LogP contribution is 2.25. The first-order valence-corrected chi connectivity index (χ1v) is 17.8. The van der Waals surface area contributed by atoms with Crippen molar-refractivity contribution >= 4 is 59.2 Å². The smallest absolute Gasteiger partial charge is 0.278 e. The summed E-state index contributed by atoms with van der Waals surface area (Å²) < 4.78 is 10.7. The van der Waals surface area contributed by atoms with Crippen LogP contribution < -0.4 is 5.43 Å². The molecule has 1 N–H and O–H groups in total. The van der Waals surface area contributed by atoms with Crippen LogP contribution in [0.1, 0.15) is 27.7 Å². The minimum atomic E-state index is -1.23. The second-order valence-corrected chi connectivity index (χ2v) is 18.0. The number of likely N-dealkylation sites (N-methyl/N-ethyl adjacent to an activating group) is 1. The van der Waals surface area contributed by atoms with Crippen molar-refractivity contribution in [3.63, 3.8) is 0 Å². The Morgan fingerprint density at radius 1 is 1.16 bits per heavy atom. The first-order valence-electron chi connectivity index (χ1n) is 11.9. The molecule has 3 aromatic rings. The summed E-state index contributed by atoms with van der Waals surface area (Å²) in [6.07, 6.45) is 2.47. The lowest BCUT2D eigenvalue weighted by atomic mass is 10.0. The molecule has 0 spiro atoms. The maximum atomic E-state index is 13.3. The van der Waals surface area contributed by atoms with Gasteiger partial charge in [-0.15, -0.1) is 0 Å². The Balaban J connectivity index is 1.79. The fourth-order valence-electron chi connectivity index (χ4n) is 3.75. The van der Waals surface area contributed by atoms with E-state index in [9.17, 15) is 14.7 Å². The Hall–Kier alpha value is -1.62. The van der Waals surface area contributed by atoms with Gasteiger partial charge in [0.05, 0.1) is 9.67 Å². The molecule has 12 heteroatoms. The van der Waals surface area contributed by atoms with Gasteiger partial charge >= 0.3 is 0 Å². The molecule has 1 aromatic carbocycles. The molecule has 0 aliphatic carbocycles. The van der Waals surface area contributed by atoms with Gasteiger partial charge in [-0.2, -0.15) is 10.2 Å². The molecule has 200 valence electrons. The van der Waals surface area contributed by atoms with E-state index in [1.807, 2.05) is 36.5 Å². The van der Waals surface area contributed by atoms with Crippen molar-refractivity contribution in [3.8, 4) is 0 Å². The van der Waals surface area contributed by atoms with Gasteiger partial charge in [0.15, 0.2) is 5.69 Å². The molecule has 0 saturated heterocycles. The molecule has 1 amide bonds. The first-order chi connectivity index (χ1) is 17.4. The summed E-state index contributed by atoms with van der Waals surface area (Å²) in [5.41, 5.74) is 0.644. The fraction of sp³-hybridized carbons (Fsp3) is 0.440. The van der Waals surface area contributed by atoms with Gasteiger partial charge < -0.3 is 14.7 Å². The van der Waals surface area contributed by atoms with Crippen molar-refractivity contribution in [2.75, 3.05) is 20.2 Å². The van der Waals surface area contributed by atoms with Crippen LogP contribution in [0.2, 0.25) is 25.7 Å². The van der Waals surface area contributed by atoms with E-state index in [1.165, 1.54) is 9.58 Å². The Morgan fingerprint density at radius 3 is 2.43 bits per heavy atom. The highest BCUT2D eigenvalue weighted by atomic mass is 127. The number of ether oxygens (including phenoxy) is 1. The first kappa shape index (κ1) is 29.9. The SMILES string of the molecule is Cc1cn(COCC[Si](C)(C)C)nc(C(=O)N(C)CC(O)C(c2ccccc2)n2cc(I)c(I)n2)c1=O. The van der Waals surface area contributed by atoms with Crippen LogP contribution in [-0.4, -0.2) is 69.9 Å². The number of benzene rings is 1. The van der Waals surface area contributed by atoms with E-state index in [4.69, 9.17) is 4.74 Å². The van der Waals surface area contributed by atoms with Crippen LogP contribution in [0.15, 0.2) is 47.5 Å². The molecule has 2 atom stereocenters. The van der Waals surface area contributed by atoms with Crippen LogP contribution >= 0.6 is 45.2 Å². The lowest BCUT2D eigenvalue weighted by Crippen LogP contribution is -2.41. The van der Waals surface area contributed by atoms with Gasteiger partial charge in [-0.3, -0.25) is 14.3 Å². The number of aromatic nitrogens is 4. The van der Waals surface area contributed by atoms with Gasteiger partial charge in [0.25, 0.3) is 5.91 Å². The second kappa shape index (κ2) is 13.0. The van der Waals surface area contributed by atoms with Crippen molar-refractivity contribution in [3.05, 3.63) is 77.0 Å². The molecule has 0 radical (unpaired) electrons. The number of hydrogen-bond donors (Lipinski definition) is 1. The molecule has 2 aromatic heterocycles. The maximum absolute atomic E-state index is 13.3. The molecule has 2 heterocycles. The summed E-state index contributed by atoms with van der Waals surface area (Å²) in [7, 11) is 0.327. The van der Waals surface area contributed by atoms with Crippen LogP contribution in [-0.2, 0) is 11.5 Å². The minimum absolute atomic E-state index is 0.0206. The van der Waals surface area contributed by atoms with Crippen molar-refractivity contribution in [1.29, 1.82) is 0 Å². The third-order valence-corrected chi connectivity index (χ3v) is 10.1. The predicted molar refractivity (Wildman–Crippen MR) is 163 cm³/mol. The van der Waals surface area contributed by atoms with Crippen molar-refractivity contribution in [1.82, 2.24) is 24.5 Å². The third-order valence-electron chi connectivity index (χ3n) is 5.81. The minimum Gasteiger partial charge on any atom is -0.389 e. The maximum Gasteiger partial charge on any atom is 0.278 e. The Bertz CT molecular complexity index is 1260. The van der Waals surface area contributed by atoms with Gasteiger partial charge in [0.1, 0.15) is 16.5 Å². The van der Waals surface area contributed by atoms with E-state index < -0.39 is 31.6 Å². The van der Waals surface area contributed by atoms with E-state index in [2.05, 4.69) is 75.0 Å². The summed E-state index contributed by atoms with van der Waals surface area (Å²) in [5, 5.41) is 20.1. The fourth-order valence-corrected chi connectivity index (χ4v) is 5.29. The van der Waals surface area contributed by atoms with E-state index in [1.54, 1.807) is 24.9 Å². The topological polar surface area (TPSA) is 102 Å². The van der Waals surface area contributed by atoms with Gasteiger partial charge in [0, 0.05) is 46.2 Å². The number of nitrogens with zero attached hydrogens (tertiary/aromatic N) is 5. The molecule has 0 aliphatic heterocycles. The van der Waals surface area contributed by atoms with Gasteiger partial charge in [-0.1, -0.05) is 50.0 Å². The summed E-state index contributed by atoms with van der Waals surface area (Å²) in [6.45, 7) is 9.21. The Labute approximate surface area is 245 Å². The number of aliphatic hydroxyl groups is 1. The number of aliphatic hydroxyl groups excluding tert-OH is 1. The zero-order chi connectivity index (χ0) is 27.3. The Kier molecular flexibility index (Phi) is 10.5. The molecule has 0 fully saturated rings. The lowest BCUT2D eigenvalue weighted by Gasteiger charge is -2.28. The summed E-state index contributed by atoms with van der Waals surface area (Å²) in [4.78, 5) is 27.4. The molecular weight excluding hydrogens is 716 g/mol. The average molecular weight is 749 g/mol. The van der Waals surface area contributed by atoms with Crippen molar-refractivity contribution in [2.45, 2.75) is 51.5 Å². The second-order valence-electron chi connectivity index (χ2n) is 10.2. The molecule has 0 saturated carbocycles. The zero-order valence-electron chi connectivity index (χ0n) is 21.7. The average Bonchev–Trinajstić information content (AvgIpc) is 3.15. The quantitative estimate of drug-likeness (QED) is 0.181. The van der Waals surface area contributed by atoms with Crippen LogP contribution in [0.3, 0.4) is 0 Å². The lowest BCUT2D eigenvalue weighted by molar-refractivity contribution is 0.0569. The van der Waals surface area contributed by atoms with Crippen molar-refractivity contribution in [2.24, 2.45) is 0 Å². The third kappa shape index (κ3) is 8.18. The largest absolute Gasteiger partial charge is 0.389 e. The molecule has 9 nitrogen and oxygen atoms in total. The molecule has 2 unspecified atom stereocenters. The molecule has 0 aliphatic rings. The van der Waals surface area contributed by atoms with Gasteiger partial charge in [-0.05, 0) is 63.7 Å². The van der Waals surface area contributed by atoms with Crippen LogP contribution in [0.25, 0.3) is 0 Å². The summed E-state index contributed by atoms with van der Waals surface area (Å²) >= 11 is 4.35. The zero-order valence-corrected chi connectivity index (χ0v) is 27.0. The van der Waals surface area contributed by atoms with E-state index >= 15 is 0 Å². The monoisotopic (exact) mass is 749 g/mol. The van der Waals surface area contributed by atoms with Gasteiger partial charge in [0.2, 0.25) is 5.43 Å². The molecule has 37 heavy (non-hydrogen) atoms. The van der Waals surface area contributed by atoms with Crippen molar-refractivity contribution < 1.29 is 14.6 Å². The highest BCUT2D eigenvalue weighted by Gasteiger charge is 2.29. The number of amides is 1. The highest BCUT2D eigenvalue weighted by molar-refractivity contribution is 14.1. The predicted octanol–water partition coefficient (Wildman–Crippen LogP) is 3.99. The number of hydrogen-bond acceptors (Lipinski definition) is 6. The number of aryl methyl sites for hydroxylation is 1. The van der Waals surface area contributed by atoms with E-state index in [0.717, 1.165) is 18.9 Å².